The van der Waals surface area contributed by atoms with Gasteiger partial charge in [-0.15, -0.1) is 10.2 Å². The van der Waals surface area contributed by atoms with Crippen LogP contribution in [0.1, 0.15) is 23.2 Å². The molecule has 0 fully saturated rings. The van der Waals surface area contributed by atoms with Gasteiger partial charge in [-0.2, -0.15) is 0 Å². The van der Waals surface area contributed by atoms with Crippen LogP contribution in [0.3, 0.4) is 0 Å². The van der Waals surface area contributed by atoms with Crippen molar-refractivity contribution in [2.24, 2.45) is 7.05 Å². The Morgan fingerprint density at radius 2 is 2.32 bits per heavy atom. The molecule has 0 aliphatic rings. The lowest BCUT2D eigenvalue weighted by Gasteiger charge is -2.07. The number of amides is 1. The Morgan fingerprint density at radius 1 is 1.47 bits per heavy atom. The quantitative estimate of drug-likeness (QED) is 0.821. The largest absolute Gasteiger partial charge is 0.378 e. The summed E-state index contributed by atoms with van der Waals surface area (Å²) < 4.78 is 1.83. The van der Waals surface area contributed by atoms with Crippen molar-refractivity contribution in [2.45, 2.75) is 13.5 Å². The number of nitrogens with one attached hydrogen (secondary N) is 2. The number of hydrogen-bond acceptors (Lipinski definition) is 5. The van der Waals surface area contributed by atoms with Gasteiger partial charge in [-0.05, 0) is 19.1 Å². The van der Waals surface area contributed by atoms with Crippen LogP contribution in [0.15, 0.2) is 24.7 Å². The summed E-state index contributed by atoms with van der Waals surface area (Å²) in [6, 6.07) is 3.51. The second-order valence-electron chi connectivity index (χ2n) is 4.00. The number of aromatic nitrogens is 4. The fourth-order valence-corrected chi connectivity index (χ4v) is 1.56. The van der Waals surface area contributed by atoms with Crippen LogP contribution < -0.4 is 10.6 Å². The standard InChI is InChI=1S/C12H16N6O/c1-3-13-12(19)10-6-9(4-5-14-10)15-7-11-17-16-8-18(11)2/h4-6,8H,3,7H2,1-2H3,(H,13,19)(H,14,15). The van der Waals surface area contributed by atoms with E-state index in [1.165, 1.54) is 0 Å². The molecule has 0 radical (unpaired) electrons. The molecule has 7 heteroatoms. The number of rotatable bonds is 5. The van der Waals surface area contributed by atoms with Gasteiger partial charge in [-0.3, -0.25) is 9.78 Å². The Morgan fingerprint density at radius 3 is 3.00 bits per heavy atom. The SMILES string of the molecule is CCNC(=O)c1cc(NCc2nncn2C)ccn1. The van der Waals surface area contributed by atoms with Crippen LogP contribution in [-0.4, -0.2) is 32.2 Å². The van der Waals surface area contributed by atoms with Crippen LogP contribution in [0.5, 0.6) is 0 Å². The minimum atomic E-state index is -0.176. The van der Waals surface area contributed by atoms with Gasteiger partial charge in [0.25, 0.3) is 5.91 Å². The molecule has 100 valence electrons. The summed E-state index contributed by atoms with van der Waals surface area (Å²) in [6.07, 6.45) is 3.24. The van der Waals surface area contributed by atoms with Gasteiger partial charge in [0.2, 0.25) is 0 Å². The average molecular weight is 260 g/mol. The van der Waals surface area contributed by atoms with Crippen molar-refractivity contribution >= 4 is 11.6 Å². The molecule has 2 aromatic heterocycles. The number of carbonyl (C=O) groups excluding carboxylic acids is 1. The van der Waals surface area contributed by atoms with Crippen LogP contribution in [0.25, 0.3) is 0 Å². The average Bonchev–Trinajstić information content (AvgIpc) is 2.82. The lowest BCUT2D eigenvalue weighted by atomic mass is 10.3. The highest BCUT2D eigenvalue weighted by molar-refractivity contribution is 5.93. The molecule has 7 nitrogen and oxygen atoms in total. The maximum absolute atomic E-state index is 11.7. The summed E-state index contributed by atoms with van der Waals surface area (Å²) in [5.41, 5.74) is 1.21. The highest BCUT2D eigenvalue weighted by Crippen LogP contribution is 2.09. The van der Waals surface area contributed by atoms with Crippen LogP contribution in [0.2, 0.25) is 0 Å². The topological polar surface area (TPSA) is 84.7 Å². The minimum Gasteiger partial charge on any atom is -0.378 e. The summed E-state index contributed by atoms with van der Waals surface area (Å²) in [7, 11) is 1.88. The number of nitrogens with zero attached hydrogens (tertiary/aromatic N) is 4. The molecule has 2 aromatic rings. The highest BCUT2D eigenvalue weighted by Gasteiger charge is 2.07. The zero-order valence-electron chi connectivity index (χ0n) is 10.9. The first-order chi connectivity index (χ1) is 9.20. The van der Waals surface area contributed by atoms with Crippen LogP contribution in [0, 0.1) is 0 Å². The molecule has 0 bridgehead atoms. The molecule has 0 saturated carbocycles. The zero-order valence-corrected chi connectivity index (χ0v) is 10.9. The molecule has 0 unspecified atom stereocenters. The van der Waals surface area contributed by atoms with E-state index in [9.17, 15) is 4.79 Å². The predicted molar refractivity (Wildman–Crippen MR) is 70.6 cm³/mol. The Hall–Kier alpha value is -2.44. The molecule has 1 amide bonds. The van der Waals surface area contributed by atoms with Crippen molar-refractivity contribution < 1.29 is 4.79 Å². The van der Waals surface area contributed by atoms with Gasteiger partial charge in [-0.25, -0.2) is 0 Å². The first-order valence-corrected chi connectivity index (χ1v) is 6.01. The van der Waals surface area contributed by atoms with Crippen LogP contribution in [-0.2, 0) is 13.6 Å². The molecule has 0 aromatic carbocycles. The van der Waals surface area contributed by atoms with E-state index in [0.29, 0.717) is 18.8 Å². The second-order valence-corrected chi connectivity index (χ2v) is 4.00. The van der Waals surface area contributed by atoms with E-state index in [1.54, 1.807) is 24.7 Å². The Kier molecular flexibility index (Phi) is 4.07. The van der Waals surface area contributed by atoms with Crippen LogP contribution >= 0.6 is 0 Å². The molecule has 0 spiro atoms. The molecule has 2 heterocycles. The minimum absolute atomic E-state index is 0.176. The van der Waals surface area contributed by atoms with Gasteiger partial charge in [0.15, 0.2) is 5.82 Å². The molecule has 0 atom stereocenters. The molecular weight excluding hydrogens is 244 g/mol. The van der Waals surface area contributed by atoms with Crippen molar-refractivity contribution in [3.8, 4) is 0 Å². The monoisotopic (exact) mass is 260 g/mol. The zero-order chi connectivity index (χ0) is 13.7. The fraction of sp³-hybridized carbons (Fsp3) is 0.333. The summed E-state index contributed by atoms with van der Waals surface area (Å²) in [4.78, 5) is 15.7. The molecule has 2 N–H and O–H groups in total. The molecular formula is C12H16N6O. The number of hydrogen-bond donors (Lipinski definition) is 2. The van der Waals surface area contributed by atoms with E-state index in [-0.39, 0.29) is 5.91 Å². The van der Waals surface area contributed by atoms with E-state index >= 15 is 0 Å². The lowest BCUT2D eigenvalue weighted by molar-refractivity contribution is 0.0951. The molecule has 0 saturated heterocycles. The third-order valence-corrected chi connectivity index (χ3v) is 2.59. The van der Waals surface area contributed by atoms with Gasteiger partial charge < -0.3 is 15.2 Å². The van der Waals surface area contributed by atoms with Crippen LogP contribution in [0.4, 0.5) is 5.69 Å². The Labute approximate surface area is 111 Å². The summed E-state index contributed by atoms with van der Waals surface area (Å²) in [5, 5.41) is 13.7. The number of aryl methyl sites for hydroxylation is 1. The van der Waals surface area contributed by atoms with Crippen molar-refractivity contribution in [1.82, 2.24) is 25.1 Å². The molecule has 0 aliphatic carbocycles. The first-order valence-electron chi connectivity index (χ1n) is 6.01. The van der Waals surface area contributed by atoms with Crippen molar-refractivity contribution in [3.63, 3.8) is 0 Å². The van der Waals surface area contributed by atoms with E-state index in [0.717, 1.165) is 11.5 Å². The summed E-state index contributed by atoms with van der Waals surface area (Å²) in [6.45, 7) is 2.99. The van der Waals surface area contributed by atoms with E-state index in [1.807, 2.05) is 18.5 Å². The number of carbonyl (C=O) groups is 1. The van der Waals surface area contributed by atoms with Crippen molar-refractivity contribution in [3.05, 3.63) is 36.2 Å². The smallest absolute Gasteiger partial charge is 0.269 e. The maximum Gasteiger partial charge on any atom is 0.269 e. The third kappa shape index (κ3) is 3.27. The summed E-state index contributed by atoms with van der Waals surface area (Å²) >= 11 is 0. The van der Waals surface area contributed by atoms with Crippen molar-refractivity contribution in [1.29, 1.82) is 0 Å². The normalized spacial score (nSPS) is 10.2. The predicted octanol–water partition coefficient (Wildman–Crippen LogP) is 0.572. The number of anilines is 1. The second kappa shape index (κ2) is 5.94. The molecule has 2 rings (SSSR count). The maximum atomic E-state index is 11.7. The molecule has 0 aliphatic heterocycles. The Bertz CT molecular complexity index is 565. The van der Waals surface area contributed by atoms with Gasteiger partial charge in [-0.1, -0.05) is 0 Å². The van der Waals surface area contributed by atoms with Gasteiger partial charge in [0.05, 0.1) is 6.54 Å². The number of pyridine rings is 1. The molecule has 19 heavy (non-hydrogen) atoms. The van der Waals surface area contributed by atoms with E-state index < -0.39 is 0 Å². The third-order valence-electron chi connectivity index (χ3n) is 2.59. The Balaban J connectivity index is 2.03. The first kappa shape index (κ1) is 13.0. The van der Waals surface area contributed by atoms with Gasteiger partial charge >= 0.3 is 0 Å². The van der Waals surface area contributed by atoms with E-state index in [2.05, 4.69) is 25.8 Å². The van der Waals surface area contributed by atoms with E-state index in [4.69, 9.17) is 0 Å². The fourth-order valence-electron chi connectivity index (χ4n) is 1.56. The van der Waals surface area contributed by atoms with Crippen molar-refractivity contribution in [2.75, 3.05) is 11.9 Å². The highest BCUT2D eigenvalue weighted by atomic mass is 16.1. The van der Waals surface area contributed by atoms with Gasteiger partial charge in [0, 0.05) is 25.5 Å². The van der Waals surface area contributed by atoms with Gasteiger partial charge in [0.1, 0.15) is 12.0 Å². The lowest BCUT2D eigenvalue weighted by Crippen LogP contribution is -2.23. The summed E-state index contributed by atoms with van der Waals surface area (Å²) in [5.74, 6) is 0.640.